The van der Waals surface area contributed by atoms with Crippen molar-refractivity contribution >= 4 is 28.5 Å². The molecule has 0 saturated carbocycles. The third-order valence-corrected chi connectivity index (χ3v) is 5.42. The summed E-state index contributed by atoms with van der Waals surface area (Å²) in [7, 11) is 1.64. The molecule has 0 aliphatic heterocycles. The fraction of sp³-hybridized carbons (Fsp3) is 0.286. The highest BCUT2D eigenvalue weighted by molar-refractivity contribution is 6.35. The van der Waals surface area contributed by atoms with Crippen LogP contribution >= 0.6 is 11.6 Å². The van der Waals surface area contributed by atoms with Gasteiger partial charge in [-0.1, -0.05) is 35.9 Å². The zero-order valence-corrected chi connectivity index (χ0v) is 15.9. The van der Waals surface area contributed by atoms with Gasteiger partial charge < -0.3 is 20.4 Å². The Labute approximate surface area is 163 Å². The van der Waals surface area contributed by atoms with E-state index in [0.29, 0.717) is 11.6 Å². The predicted octanol–water partition coefficient (Wildman–Crippen LogP) is 4.71. The van der Waals surface area contributed by atoms with E-state index in [4.69, 9.17) is 16.3 Å². The predicted molar refractivity (Wildman–Crippen MR) is 107 cm³/mol. The first-order chi connectivity index (χ1) is 13.2. The Bertz CT molecular complexity index is 965. The van der Waals surface area contributed by atoms with Gasteiger partial charge in [-0.05, 0) is 48.6 Å². The third-order valence-electron chi connectivity index (χ3n) is 5.11. The number of aryl methyl sites for hydroxylation is 1. The molecule has 1 aliphatic rings. The molecule has 1 aromatic heterocycles. The first kappa shape index (κ1) is 17.7. The molecule has 0 saturated heterocycles. The van der Waals surface area contributed by atoms with Crippen molar-refractivity contribution in [2.75, 3.05) is 7.11 Å². The Kier molecular flexibility index (Phi) is 4.94. The second-order valence-electron chi connectivity index (χ2n) is 6.80. The van der Waals surface area contributed by atoms with Crippen molar-refractivity contribution in [3.8, 4) is 5.75 Å². The molecular formula is C21H22ClN3O2. The summed E-state index contributed by atoms with van der Waals surface area (Å²) in [6, 6.07) is 13.4. The largest absolute Gasteiger partial charge is 0.497 e. The number of benzene rings is 2. The molecule has 1 heterocycles. The average Bonchev–Trinajstić information content (AvgIpc) is 3.08. The summed E-state index contributed by atoms with van der Waals surface area (Å²) in [4.78, 5) is 15.9. The summed E-state index contributed by atoms with van der Waals surface area (Å²) in [6.45, 7) is 0.466. The highest BCUT2D eigenvalue weighted by atomic mass is 35.5. The number of ether oxygens (including phenoxy) is 1. The molecule has 1 aliphatic carbocycles. The minimum absolute atomic E-state index is 0.0342. The first-order valence-corrected chi connectivity index (χ1v) is 9.50. The summed E-state index contributed by atoms with van der Waals surface area (Å²) in [5.41, 5.74) is 4.31. The van der Waals surface area contributed by atoms with Gasteiger partial charge >= 0.3 is 6.03 Å². The molecule has 5 nitrogen and oxygen atoms in total. The second kappa shape index (κ2) is 7.53. The number of aromatic amines is 1. The molecular weight excluding hydrogens is 362 g/mol. The molecule has 2 aromatic carbocycles. The Hall–Kier alpha value is -2.66. The van der Waals surface area contributed by atoms with Crippen molar-refractivity contribution in [3.05, 3.63) is 64.3 Å². The van der Waals surface area contributed by atoms with Gasteiger partial charge in [-0.3, -0.25) is 0 Å². The zero-order valence-electron chi connectivity index (χ0n) is 15.1. The molecule has 140 valence electrons. The number of amides is 2. The molecule has 3 aromatic rings. The molecule has 1 atom stereocenters. The van der Waals surface area contributed by atoms with Crippen LogP contribution in [0.25, 0.3) is 10.9 Å². The fourth-order valence-corrected chi connectivity index (χ4v) is 3.95. The van der Waals surface area contributed by atoms with Gasteiger partial charge in [-0.25, -0.2) is 4.79 Å². The van der Waals surface area contributed by atoms with Crippen molar-refractivity contribution < 1.29 is 9.53 Å². The quantitative estimate of drug-likeness (QED) is 0.611. The van der Waals surface area contributed by atoms with Crippen molar-refractivity contribution in [2.24, 2.45) is 0 Å². The van der Waals surface area contributed by atoms with E-state index >= 15 is 0 Å². The normalized spacial score (nSPS) is 16.0. The maximum absolute atomic E-state index is 12.4. The number of rotatable bonds is 4. The van der Waals surface area contributed by atoms with Crippen LogP contribution in [0.5, 0.6) is 5.75 Å². The molecule has 0 bridgehead atoms. The number of halogens is 1. The Morgan fingerprint density at radius 3 is 2.85 bits per heavy atom. The molecule has 0 spiro atoms. The number of nitrogens with one attached hydrogen (secondary N) is 3. The lowest BCUT2D eigenvalue weighted by Gasteiger charge is -2.24. The van der Waals surface area contributed by atoms with Gasteiger partial charge in [0.05, 0.1) is 23.7 Å². The number of fused-ring (bicyclic) bond motifs is 3. The van der Waals surface area contributed by atoms with Crippen molar-refractivity contribution in [1.29, 1.82) is 0 Å². The summed E-state index contributed by atoms with van der Waals surface area (Å²) < 4.78 is 5.15. The minimum Gasteiger partial charge on any atom is -0.497 e. The lowest BCUT2D eigenvalue weighted by Crippen LogP contribution is -2.38. The van der Waals surface area contributed by atoms with E-state index in [-0.39, 0.29) is 12.1 Å². The number of para-hydroxylation sites is 1. The van der Waals surface area contributed by atoms with Crippen molar-refractivity contribution in [1.82, 2.24) is 15.6 Å². The van der Waals surface area contributed by atoms with Gasteiger partial charge in [0.25, 0.3) is 0 Å². The van der Waals surface area contributed by atoms with Gasteiger partial charge in [-0.15, -0.1) is 0 Å². The van der Waals surface area contributed by atoms with Gasteiger partial charge in [0.1, 0.15) is 5.75 Å². The zero-order chi connectivity index (χ0) is 18.8. The third kappa shape index (κ3) is 3.60. The summed E-state index contributed by atoms with van der Waals surface area (Å²) in [5.74, 6) is 0.801. The van der Waals surface area contributed by atoms with Crippen LogP contribution in [-0.4, -0.2) is 18.1 Å². The van der Waals surface area contributed by atoms with Crippen LogP contribution in [0.15, 0.2) is 42.5 Å². The topological polar surface area (TPSA) is 66.2 Å². The maximum atomic E-state index is 12.4. The minimum atomic E-state index is -0.173. The smallest absolute Gasteiger partial charge is 0.315 e. The number of hydrogen-bond donors (Lipinski definition) is 3. The number of carbonyl (C=O) groups excluding carboxylic acids is 1. The SMILES string of the molecule is COc1ccc(CNC(=O)N[C@H]2CCCc3c2[nH]c2c(Cl)cccc32)cc1. The molecule has 3 N–H and O–H groups in total. The van der Waals surface area contributed by atoms with Crippen molar-refractivity contribution in [3.63, 3.8) is 0 Å². The van der Waals surface area contributed by atoms with Crippen LogP contribution in [0.1, 0.15) is 35.7 Å². The monoisotopic (exact) mass is 383 g/mol. The molecule has 6 heteroatoms. The van der Waals surface area contributed by atoms with Gasteiger partial charge in [0.2, 0.25) is 0 Å². The highest BCUT2D eigenvalue weighted by Crippen LogP contribution is 2.36. The fourth-order valence-electron chi connectivity index (χ4n) is 3.73. The molecule has 0 fully saturated rings. The maximum Gasteiger partial charge on any atom is 0.315 e. The van der Waals surface area contributed by atoms with Crippen LogP contribution in [0.4, 0.5) is 4.79 Å². The van der Waals surface area contributed by atoms with Crippen molar-refractivity contribution in [2.45, 2.75) is 31.8 Å². The number of aromatic nitrogens is 1. The number of hydrogen-bond acceptors (Lipinski definition) is 2. The van der Waals surface area contributed by atoms with Gasteiger partial charge in [0, 0.05) is 17.6 Å². The number of methoxy groups -OCH3 is 1. The van der Waals surface area contributed by atoms with E-state index in [2.05, 4.69) is 21.7 Å². The lowest BCUT2D eigenvalue weighted by molar-refractivity contribution is 0.235. The summed E-state index contributed by atoms with van der Waals surface area (Å²) in [5, 5.41) is 7.90. The van der Waals surface area contributed by atoms with E-state index in [1.54, 1.807) is 7.11 Å². The van der Waals surface area contributed by atoms with E-state index in [0.717, 1.165) is 47.2 Å². The second-order valence-corrected chi connectivity index (χ2v) is 7.21. The van der Waals surface area contributed by atoms with Crippen LogP contribution in [0, 0.1) is 0 Å². The number of H-pyrrole nitrogens is 1. The van der Waals surface area contributed by atoms with E-state index in [9.17, 15) is 4.79 Å². The van der Waals surface area contributed by atoms with Crippen LogP contribution in [0.2, 0.25) is 5.02 Å². The Balaban J connectivity index is 1.45. The van der Waals surface area contributed by atoms with Crippen LogP contribution < -0.4 is 15.4 Å². The van der Waals surface area contributed by atoms with Crippen LogP contribution in [-0.2, 0) is 13.0 Å². The van der Waals surface area contributed by atoms with Gasteiger partial charge in [0.15, 0.2) is 0 Å². The van der Waals surface area contributed by atoms with E-state index in [1.165, 1.54) is 5.56 Å². The Morgan fingerprint density at radius 2 is 2.07 bits per heavy atom. The molecule has 2 amide bonds. The van der Waals surface area contributed by atoms with Crippen LogP contribution in [0.3, 0.4) is 0 Å². The summed E-state index contributed by atoms with van der Waals surface area (Å²) in [6.07, 6.45) is 2.95. The van der Waals surface area contributed by atoms with E-state index in [1.807, 2.05) is 36.4 Å². The molecule has 0 unspecified atom stereocenters. The Morgan fingerprint density at radius 1 is 1.26 bits per heavy atom. The first-order valence-electron chi connectivity index (χ1n) is 9.12. The molecule has 0 radical (unpaired) electrons. The van der Waals surface area contributed by atoms with Gasteiger partial charge in [-0.2, -0.15) is 0 Å². The van der Waals surface area contributed by atoms with E-state index < -0.39 is 0 Å². The molecule has 27 heavy (non-hydrogen) atoms. The number of urea groups is 1. The summed E-state index contributed by atoms with van der Waals surface area (Å²) >= 11 is 6.33. The average molecular weight is 384 g/mol. The number of carbonyl (C=O) groups is 1. The lowest BCUT2D eigenvalue weighted by atomic mass is 9.92. The highest BCUT2D eigenvalue weighted by Gasteiger charge is 2.26. The molecule has 4 rings (SSSR count). The standard InChI is InChI=1S/C21H22ClN3O2/c1-27-14-10-8-13(9-11-14)12-23-21(26)24-18-7-3-5-16-15-4-2-6-17(22)19(15)25-20(16)18/h2,4,6,8-11,18,25H,3,5,7,12H2,1H3,(H2,23,24,26)/t18-/m0/s1.